The predicted octanol–water partition coefficient (Wildman–Crippen LogP) is 2.29. The second-order valence-corrected chi connectivity index (χ2v) is 9.54. The molecule has 0 radical (unpaired) electrons. The second kappa shape index (κ2) is 9.49. The molecule has 0 bridgehead atoms. The fraction of sp³-hybridized carbons (Fsp3) is 0.364. The van der Waals surface area contributed by atoms with Gasteiger partial charge in [-0.1, -0.05) is 6.07 Å². The molecule has 2 amide bonds. The van der Waals surface area contributed by atoms with Gasteiger partial charge in [-0.2, -0.15) is 4.31 Å². The van der Waals surface area contributed by atoms with Crippen LogP contribution in [0.4, 0.5) is 11.4 Å². The quantitative estimate of drug-likeness (QED) is 0.683. The Kier molecular flexibility index (Phi) is 6.97. The van der Waals surface area contributed by atoms with E-state index in [0.717, 1.165) is 16.5 Å². The van der Waals surface area contributed by atoms with Gasteiger partial charge in [0.05, 0.1) is 11.4 Å². The lowest BCUT2D eigenvalue weighted by atomic mass is 10.1. The first-order valence-corrected chi connectivity index (χ1v) is 11.7. The first-order valence-electron chi connectivity index (χ1n) is 10.3. The van der Waals surface area contributed by atoms with Gasteiger partial charge in [-0.3, -0.25) is 9.59 Å². The average Bonchev–Trinajstić information content (AvgIpc) is 2.74. The summed E-state index contributed by atoms with van der Waals surface area (Å²) in [6, 6.07) is 13.7. The summed E-state index contributed by atoms with van der Waals surface area (Å²) in [4.78, 5) is 26.5. The molecule has 0 spiro atoms. The van der Waals surface area contributed by atoms with E-state index in [2.05, 4.69) is 36.3 Å². The standard InChI is InChI=1S/C22H28N4O4S/c1-4-26(16(2)3)19-10-8-17(9-11-19)22(28)24-18-6-5-7-20(14-18)31(29,30)25-13-12-23-21(27)15-25/h5-11,14,16H,4,12-13,15H2,1-3H3,(H,23,27)(H,24,28). The number of carbonyl (C=O) groups excluding carboxylic acids is 2. The van der Waals surface area contributed by atoms with Crippen molar-refractivity contribution in [1.29, 1.82) is 0 Å². The Morgan fingerprint density at radius 3 is 2.52 bits per heavy atom. The van der Waals surface area contributed by atoms with Crippen molar-refractivity contribution in [2.45, 2.75) is 31.7 Å². The lowest BCUT2D eigenvalue weighted by molar-refractivity contribution is -0.122. The zero-order valence-corrected chi connectivity index (χ0v) is 18.8. The molecule has 1 heterocycles. The van der Waals surface area contributed by atoms with Crippen molar-refractivity contribution >= 4 is 33.2 Å². The van der Waals surface area contributed by atoms with Gasteiger partial charge in [0.25, 0.3) is 5.91 Å². The minimum atomic E-state index is -3.83. The van der Waals surface area contributed by atoms with Crippen LogP contribution in [0, 0.1) is 0 Å². The molecule has 1 fully saturated rings. The summed E-state index contributed by atoms with van der Waals surface area (Å²) in [5.74, 6) is -0.659. The maximum atomic E-state index is 12.9. The lowest BCUT2D eigenvalue weighted by Gasteiger charge is -2.27. The summed E-state index contributed by atoms with van der Waals surface area (Å²) in [5, 5.41) is 5.36. The third-order valence-electron chi connectivity index (χ3n) is 5.16. The molecule has 1 aliphatic rings. The van der Waals surface area contributed by atoms with Crippen molar-refractivity contribution in [1.82, 2.24) is 9.62 Å². The van der Waals surface area contributed by atoms with E-state index in [-0.39, 0.29) is 36.3 Å². The molecule has 31 heavy (non-hydrogen) atoms. The number of carbonyl (C=O) groups is 2. The Morgan fingerprint density at radius 2 is 1.90 bits per heavy atom. The number of hydrogen-bond donors (Lipinski definition) is 2. The van der Waals surface area contributed by atoms with Crippen LogP contribution in [0.3, 0.4) is 0 Å². The topological polar surface area (TPSA) is 98.8 Å². The highest BCUT2D eigenvalue weighted by Crippen LogP contribution is 2.22. The number of nitrogens with zero attached hydrogens (tertiary/aromatic N) is 2. The maximum Gasteiger partial charge on any atom is 0.255 e. The zero-order valence-electron chi connectivity index (χ0n) is 18.0. The molecule has 9 heteroatoms. The summed E-state index contributed by atoms with van der Waals surface area (Å²) >= 11 is 0. The first kappa shape index (κ1) is 22.8. The van der Waals surface area contributed by atoms with Crippen LogP contribution in [0.2, 0.25) is 0 Å². The van der Waals surface area contributed by atoms with Gasteiger partial charge in [0.15, 0.2) is 0 Å². The van der Waals surface area contributed by atoms with Gasteiger partial charge in [0.1, 0.15) is 0 Å². The Hall–Kier alpha value is -2.91. The average molecular weight is 445 g/mol. The van der Waals surface area contributed by atoms with Crippen LogP contribution in [-0.2, 0) is 14.8 Å². The Bertz CT molecular complexity index is 1050. The molecule has 0 aliphatic carbocycles. The van der Waals surface area contributed by atoms with Crippen LogP contribution in [0.15, 0.2) is 53.4 Å². The van der Waals surface area contributed by atoms with Gasteiger partial charge in [0, 0.05) is 42.6 Å². The lowest BCUT2D eigenvalue weighted by Crippen LogP contribution is -2.49. The maximum absolute atomic E-state index is 12.9. The fourth-order valence-corrected chi connectivity index (χ4v) is 5.00. The minimum Gasteiger partial charge on any atom is -0.369 e. The molecule has 8 nitrogen and oxygen atoms in total. The van der Waals surface area contributed by atoms with E-state index >= 15 is 0 Å². The molecule has 2 N–H and O–H groups in total. The largest absolute Gasteiger partial charge is 0.369 e. The van der Waals surface area contributed by atoms with E-state index in [4.69, 9.17) is 0 Å². The molecule has 0 saturated carbocycles. The molecule has 1 aliphatic heterocycles. The van der Waals surface area contributed by atoms with E-state index < -0.39 is 10.0 Å². The van der Waals surface area contributed by atoms with E-state index in [1.54, 1.807) is 24.3 Å². The number of sulfonamides is 1. The van der Waals surface area contributed by atoms with Gasteiger partial charge < -0.3 is 15.5 Å². The summed E-state index contributed by atoms with van der Waals surface area (Å²) in [7, 11) is -3.83. The second-order valence-electron chi connectivity index (χ2n) is 7.60. The highest BCUT2D eigenvalue weighted by molar-refractivity contribution is 7.89. The smallest absolute Gasteiger partial charge is 0.255 e. The third-order valence-corrected chi connectivity index (χ3v) is 7.00. The molecule has 0 atom stereocenters. The zero-order chi connectivity index (χ0) is 22.6. The number of anilines is 2. The molecule has 3 rings (SSSR count). The SMILES string of the molecule is CCN(c1ccc(C(=O)Nc2cccc(S(=O)(=O)N3CCNC(=O)C3)c2)cc1)C(C)C. The minimum absolute atomic E-state index is 0.0332. The van der Waals surface area contributed by atoms with Crippen molar-refractivity contribution in [3.63, 3.8) is 0 Å². The van der Waals surface area contributed by atoms with Crippen LogP contribution >= 0.6 is 0 Å². The number of rotatable bonds is 7. The van der Waals surface area contributed by atoms with E-state index in [1.807, 2.05) is 12.1 Å². The molecule has 166 valence electrons. The van der Waals surface area contributed by atoms with E-state index in [1.165, 1.54) is 12.1 Å². The molecule has 2 aromatic carbocycles. The van der Waals surface area contributed by atoms with Crippen LogP contribution in [0.1, 0.15) is 31.1 Å². The molecular weight excluding hydrogens is 416 g/mol. The predicted molar refractivity (Wildman–Crippen MR) is 121 cm³/mol. The summed E-state index contributed by atoms with van der Waals surface area (Å²) in [6.45, 7) is 7.44. The van der Waals surface area contributed by atoms with Gasteiger partial charge in [0.2, 0.25) is 15.9 Å². The number of amides is 2. The van der Waals surface area contributed by atoms with Crippen molar-refractivity contribution in [2.24, 2.45) is 0 Å². The van der Waals surface area contributed by atoms with Crippen molar-refractivity contribution in [3.05, 3.63) is 54.1 Å². The monoisotopic (exact) mass is 444 g/mol. The first-order chi connectivity index (χ1) is 14.7. The summed E-state index contributed by atoms with van der Waals surface area (Å²) in [6.07, 6.45) is 0. The normalized spacial score (nSPS) is 14.9. The van der Waals surface area contributed by atoms with E-state index in [9.17, 15) is 18.0 Å². The molecular formula is C22H28N4O4S. The van der Waals surface area contributed by atoms with Crippen molar-refractivity contribution < 1.29 is 18.0 Å². The number of benzene rings is 2. The van der Waals surface area contributed by atoms with Gasteiger partial charge in [-0.15, -0.1) is 0 Å². The highest BCUT2D eigenvalue weighted by Gasteiger charge is 2.29. The molecule has 1 saturated heterocycles. The van der Waals surface area contributed by atoms with Gasteiger partial charge in [-0.05, 0) is 63.2 Å². The van der Waals surface area contributed by atoms with Crippen LogP contribution < -0.4 is 15.5 Å². The number of piperazine rings is 1. The van der Waals surface area contributed by atoms with E-state index in [0.29, 0.717) is 17.3 Å². The van der Waals surface area contributed by atoms with Crippen molar-refractivity contribution in [2.75, 3.05) is 36.4 Å². The molecule has 2 aromatic rings. The number of hydrogen-bond acceptors (Lipinski definition) is 5. The van der Waals surface area contributed by atoms with Crippen LogP contribution in [0.5, 0.6) is 0 Å². The fourth-order valence-electron chi connectivity index (χ4n) is 3.56. The number of nitrogens with one attached hydrogen (secondary N) is 2. The summed E-state index contributed by atoms with van der Waals surface area (Å²) < 4.78 is 26.8. The van der Waals surface area contributed by atoms with Crippen molar-refractivity contribution in [3.8, 4) is 0 Å². The Balaban J connectivity index is 1.75. The molecule has 0 aromatic heterocycles. The van der Waals surface area contributed by atoms with Crippen LogP contribution in [0.25, 0.3) is 0 Å². The highest BCUT2D eigenvalue weighted by atomic mass is 32.2. The Morgan fingerprint density at radius 1 is 1.19 bits per heavy atom. The summed E-state index contributed by atoms with van der Waals surface area (Å²) in [5.41, 5.74) is 1.88. The molecule has 0 unspecified atom stereocenters. The Labute approximate surface area is 183 Å². The third kappa shape index (κ3) is 5.23. The van der Waals surface area contributed by atoms with Crippen LogP contribution in [-0.4, -0.2) is 56.8 Å². The van der Waals surface area contributed by atoms with Gasteiger partial charge >= 0.3 is 0 Å². The van der Waals surface area contributed by atoms with Gasteiger partial charge in [-0.25, -0.2) is 8.42 Å².